The van der Waals surface area contributed by atoms with E-state index in [-0.39, 0.29) is 16.4 Å². The van der Waals surface area contributed by atoms with Crippen molar-refractivity contribution in [3.63, 3.8) is 0 Å². The van der Waals surface area contributed by atoms with Gasteiger partial charge in [-0.3, -0.25) is 0 Å². The van der Waals surface area contributed by atoms with Gasteiger partial charge in [-0.05, 0) is 56.4 Å². The Morgan fingerprint density at radius 2 is 1.85 bits per heavy atom. The number of hydroxylamine groups is 2. The van der Waals surface area contributed by atoms with Crippen LogP contribution < -0.4 is 0 Å². The van der Waals surface area contributed by atoms with Crippen molar-refractivity contribution in [2.45, 2.75) is 60.4 Å². The minimum absolute atomic E-state index is 0.125. The molecule has 1 saturated carbocycles. The van der Waals surface area contributed by atoms with Crippen LogP contribution in [0.4, 0.5) is 0 Å². The molecular weight excluding hydrogens is 246 g/mol. The van der Waals surface area contributed by atoms with E-state index in [0.29, 0.717) is 18.4 Å². The van der Waals surface area contributed by atoms with Crippen molar-refractivity contribution in [3.8, 4) is 0 Å². The molecule has 1 aliphatic rings. The van der Waals surface area contributed by atoms with Crippen LogP contribution in [0.5, 0.6) is 0 Å². The zero-order valence-corrected chi connectivity index (χ0v) is 14.4. The molecule has 1 aliphatic carbocycles. The van der Waals surface area contributed by atoms with Crippen LogP contribution in [0.1, 0.15) is 54.9 Å². The van der Waals surface area contributed by atoms with Gasteiger partial charge >= 0.3 is 0 Å². The molecule has 3 unspecified atom stereocenters. The fourth-order valence-electron chi connectivity index (χ4n) is 4.46. The van der Waals surface area contributed by atoms with Crippen LogP contribution in [0, 0.1) is 27.9 Å². The molecule has 0 aromatic rings. The Kier molecular flexibility index (Phi) is 4.93. The van der Waals surface area contributed by atoms with Gasteiger partial charge in [0.25, 0.3) is 0 Å². The second kappa shape index (κ2) is 5.65. The SMILES string of the molecule is C=CC1C(C(C)(C)N([O-])CC)C(C)(C/C=C/C)C1(C)C. The van der Waals surface area contributed by atoms with Crippen molar-refractivity contribution < 1.29 is 0 Å². The molecule has 0 N–H and O–H groups in total. The van der Waals surface area contributed by atoms with Crippen LogP contribution >= 0.6 is 0 Å². The maximum Gasteiger partial charge on any atom is 0.00729 e. The third-order valence-corrected chi connectivity index (χ3v) is 6.07. The summed E-state index contributed by atoms with van der Waals surface area (Å²) in [6, 6.07) is 0. The van der Waals surface area contributed by atoms with Crippen LogP contribution in [-0.2, 0) is 0 Å². The summed E-state index contributed by atoms with van der Waals surface area (Å²) >= 11 is 0. The van der Waals surface area contributed by atoms with Gasteiger partial charge in [-0.15, -0.1) is 6.58 Å². The Hall–Kier alpha value is -0.600. The first-order valence-corrected chi connectivity index (χ1v) is 7.79. The van der Waals surface area contributed by atoms with Gasteiger partial charge in [-0.2, -0.15) is 0 Å². The van der Waals surface area contributed by atoms with E-state index in [1.807, 2.05) is 6.92 Å². The van der Waals surface area contributed by atoms with E-state index in [1.165, 1.54) is 5.06 Å². The highest BCUT2D eigenvalue weighted by molar-refractivity contribution is 5.22. The van der Waals surface area contributed by atoms with E-state index in [1.54, 1.807) is 0 Å². The molecule has 0 bridgehead atoms. The molecule has 116 valence electrons. The lowest BCUT2D eigenvalue weighted by molar-refractivity contribution is -0.202. The smallest absolute Gasteiger partial charge is 0.00729 e. The van der Waals surface area contributed by atoms with Gasteiger partial charge in [0.05, 0.1) is 0 Å². The highest BCUT2D eigenvalue weighted by atomic mass is 16.5. The first-order chi connectivity index (χ1) is 9.11. The average molecular weight is 278 g/mol. The van der Waals surface area contributed by atoms with Crippen molar-refractivity contribution in [2.24, 2.45) is 22.7 Å². The molecule has 0 aromatic carbocycles. The summed E-state index contributed by atoms with van der Waals surface area (Å²) in [7, 11) is 0. The Bertz CT molecular complexity index is 383. The van der Waals surface area contributed by atoms with Crippen molar-refractivity contribution in [2.75, 3.05) is 6.54 Å². The van der Waals surface area contributed by atoms with Crippen LogP contribution in [0.15, 0.2) is 24.8 Å². The van der Waals surface area contributed by atoms with Crippen molar-refractivity contribution in [1.29, 1.82) is 0 Å². The van der Waals surface area contributed by atoms with Gasteiger partial charge in [0.1, 0.15) is 0 Å². The highest BCUT2D eigenvalue weighted by Gasteiger charge is 2.66. The van der Waals surface area contributed by atoms with Gasteiger partial charge in [0.2, 0.25) is 0 Å². The lowest BCUT2D eigenvalue weighted by atomic mass is 9.36. The Labute approximate surface area is 125 Å². The van der Waals surface area contributed by atoms with E-state index in [0.717, 1.165) is 6.42 Å². The predicted octanol–water partition coefficient (Wildman–Crippen LogP) is 5.02. The number of nitrogens with zero attached hydrogens (tertiary/aromatic N) is 1. The van der Waals surface area contributed by atoms with Gasteiger partial charge in [-0.1, -0.05) is 45.9 Å². The molecule has 0 aliphatic heterocycles. The molecule has 0 radical (unpaired) electrons. The minimum Gasteiger partial charge on any atom is -0.785 e. The summed E-state index contributed by atoms with van der Waals surface area (Å²) in [6.45, 7) is 19.7. The first kappa shape index (κ1) is 17.5. The molecule has 0 spiro atoms. The molecule has 2 nitrogen and oxygen atoms in total. The highest BCUT2D eigenvalue weighted by Crippen LogP contribution is 2.69. The normalized spacial score (nSPS) is 33.5. The molecule has 1 rings (SSSR count). The van der Waals surface area contributed by atoms with Crippen LogP contribution in [0.2, 0.25) is 0 Å². The molecule has 1 fully saturated rings. The van der Waals surface area contributed by atoms with Gasteiger partial charge in [0, 0.05) is 5.54 Å². The molecule has 0 amide bonds. The summed E-state index contributed by atoms with van der Waals surface area (Å²) in [4.78, 5) is 0. The van der Waals surface area contributed by atoms with Crippen molar-refractivity contribution in [1.82, 2.24) is 5.06 Å². The maximum absolute atomic E-state index is 12.4. The van der Waals surface area contributed by atoms with E-state index in [9.17, 15) is 5.21 Å². The minimum atomic E-state index is -0.362. The second-order valence-electron chi connectivity index (χ2n) is 7.50. The zero-order chi connectivity index (χ0) is 15.8. The van der Waals surface area contributed by atoms with Gasteiger partial charge in [0.15, 0.2) is 0 Å². The molecule has 0 aromatic heterocycles. The van der Waals surface area contributed by atoms with Crippen LogP contribution in [0.3, 0.4) is 0 Å². The number of allylic oxidation sites excluding steroid dienone is 3. The molecule has 20 heavy (non-hydrogen) atoms. The van der Waals surface area contributed by atoms with Crippen molar-refractivity contribution >= 4 is 0 Å². The molecule has 0 heterocycles. The molecular formula is C18H32NO-. The van der Waals surface area contributed by atoms with Gasteiger partial charge in [-0.25, -0.2) is 0 Å². The molecule has 3 atom stereocenters. The Balaban J connectivity index is 3.22. The van der Waals surface area contributed by atoms with E-state index in [4.69, 9.17) is 0 Å². The number of rotatable bonds is 6. The lowest BCUT2D eigenvalue weighted by Crippen LogP contribution is -2.69. The topological polar surface area (TPSA) is 26.3 Å². The molecule has 2 heteroatoms. The van der Waals surface area contributed by atoms with Crippen LogP contribution in [-0.4, -0.2) is 17.1 Å². The summed E-state index contributed by atoms with van der Waals surface area (Å²) in [5.74, 6) is 0.715. The third kappa shape index (κ3) is 2.27. The van der Waals surface area contributed by atoms with Crippen molar-refractivity contribution in [3.05, 3.63) is 30.0 Å². The summed E-state index contributed by atoms with van der Waals surface area (Å²) < 4.78 is 0. The quantitative estimate of drug-likeness (QED) is 0.504. The lowest BCUT2D eigenvalue weighted by Gasteiger charge is -2.72. The standard InChI is InChI=1S/C18H32NO/c1-9-12-13-18(8)15(14(10-2)16(18,4)5)17(6,7)19(20)11-3/h9-10,12,14-15H,2,11,13H2,1,3-8H3/q-1/b12-9+. The second-order valence-corrected chi connectivity index (χ2v) is 7.50. The maximum atomic E-state index is 12.4. The fraction of sp³-hybridized carbons (Fsp3) is 0.778. The number of hydrogen-bond donors (Lipinski definition) is 0. The average Bonchev–Trinajstić information content (AvgIpc) is 2.39. The predicted molar refractivity (Wildman–Crippen MR) is 88.3 cm³/mol. The third-order valence-electron chi connectivity index (χ3n) is 6.07. The summed E-state index contributed by atoms with van der Waals surface area (Å²) in [6.07, 6.45) is 7.44. The largest absolute Gasteiger partial charge is 0.785 e. The van der Waals surface area contributed by atoms with E-state index < -0.39 is 0 Å². The first-order valence-electron chi connectivity index (χ1n) is 7.79. The zero-order valence-electron chi connectivity index (χ0n) is 14.4. The fourth-order valence-corrected chi connectivity index (χ4v) is 4.46. The summed E-state index contributed by atoms with van der Waals surface area (Å²) in [5.41, 5.74) is -0.0655. The summed E-state index contributed by atoms with van der Waals surface area (Å²) in [5, 5.41) is 13.6. The monoisotopic (exact) mass is 278 g/mol. The van der Waals surface area contributed by atoms with Gasteiger partial charge < -0.3 is 10.3 Å². The Morgan fingerprint density at radius 3 is 2.25 bits per heavy atom. The molecule has 0 saturated heterocycles. The van der Waals surface area contributed by atoms with E-state index in [2.05, 4.69) is 66.3 Å². The van der Waals surface area contributed by atoms with Crippen LogP contribution in [0.25, 0.3) is 0 Å². The Morgan fingerprint density at radius 1 is 1.30 bits per heavy atom. The number of hydrogen-bond acceptors (Lipinski definition) is 2. The van der Waals surface area contributed by atoms with E-state index >= 15 is 0 Å².